The number of ether oxygens (including phenoxy) is 1. The molecule has 7 nitrogen and oxygen atoms in total. The number of para-hydroxylation sites is 2. The highest BCUT2D eigenvalue weighted by atomic mass is 16.5. The van der Waals surface area contributed by atoms with Gasteiger partial charge in [-0.3, -0.25) is 9.59 Å². The average Bonchev–Trinajstić information content (AvgIpc) is 3.16. The van der Waals surface area contributed by atoms with Gasteiger partial charge in [0.15, 0.2) is 0 Å². The highest BCUT2D eigenvalue weighted by Gasteiger charge is 2.40. The van der Waals surface area contributed by atoms with E-state index < -0.39 is 0 Å². The summed E-state index contributed by atoms with van der Waals surface area (Å²) in [5.74, 6) is 0.207. The Kier molecular flexibility index (Phi) is 4.99. The molecule has 1 fully saturated rings. The fraction of sp³-hybridized carbons (Fsp3) is 0.238. The number of fused-ring (bicyclic) bond motifs is 1. The van der Waals surface area contributed by atoms with Gasteiger partial charge in [-0.25, -0.2) is 5.43 Å². The molecule has 4 rings (SSSR count). The fourth-order valence-electron chi connectivity index (χ4n) is 3.56. The topological polar surface area (TPSA) is 73.9 Å². The van der Waals surface area contributed by atoms with Crippen molar-refractivity contribution in [3.8, 4) is 5.75 Å². The summed E-state index contributed by atoms with van der Waals surface area (Å²) in [5.41, 5.74) is 5.07. The van der Waals surface area contributed by atoms with E-state index >= 15 is 0 Å². The summed E-state index contributed by atoms with van der Waals surface area (Å²) in [4.78, 5) is 26.8. The van der Waals surface area contributed by atoms with Crippen LogP contribution < -0.4 is 15.5 Å². The number of benzene rings is 2. The molecular formula is C21H22N4O3. The van der Waals surface area contributed by atoms with E-state index in [2.05, 4.69) is 10.7 Å². The highest BCUT2D eigenvalue weighted by molar-refractivity contribution is 5.97. The van der Waals surface area contributed by atoms with Crippen LogP contribution in [0.1, 0.15) is 18.0 Å². The monoisotopic (exact) mass is 378 g/mol. The zero-order valence-electron chi connectivity index (χ0n) is 15.5. The summed E-state index contributed by atoms with van der Waals surface area (Å²) in [7, 11) is 1.55. The molecule has 2 unspecified atom stereocenters. The van der Waals surface area contributed by atoms with Crippen LogP contribution >= 0.6 is 0 Å². The lowest BCUT2D eigenvalue weighted by atomic mass is 10.0. The molecule has 0 aromatic heterocycles. The van der Waals surface area contributed by atoms with Crippen molar-refractivity contribution in [2.45, 2.75) is 18.5 Å². The maximum Gasteiger partial charge on any atom is 0.251 e. The summed E-state index contributed by atoms with van der Waals surface area (Å²) in [5, 5.41) is 4.63. The third-order valence-electron chi connectivity index (χ3n) is 4.97. The molecular weight excluding hydrogens is 356 g/mol. The number of carbonyl (C=O) groups excluding carboxylic acids is 2. The molecule has 2 aliphatic rings. The molecule has 0 saturated carbocycles. The van der Waals surface area contributed by atoms with Crippen molar-refractivity contribution in [3.05, 3.63) is 72.6 Å². The maximum absolute atomic E-state index is 12.9. The Balaban J connectivity index is 1.40. The molecule has 2 atom stereocenters. The van der Waals surface area contributed by atoms with Gasteiger partial charge in [-0.2, -0.15) is 0 Å². The predicted octanol–water partition coefficient (Wildman–Crippen LogP) is 2.27. The molecule has 1 saturated heterocycles. The molecule has 2 N–H and O–H groups in total. The van der Waals surface area contributed by atoms with Crippen LogP contribution in [0.25, 0.3) is 0 Å². The van der Waals surface area contributed by atoms with Gasteiger partial charge in [0.25, 0.3) is 5.91 Å². The Morgan fingerprint density at radius 3 is 2.68 bits per heavy atom. The van der Waals surface area contributed by atoms with Crippen LogP contribution in [0.3, 0.4) is 0 Å². The first-order chi connectivity index (χ1) is 13.7. The van der Waals surface area contributed by atoms with Crippen molar-refractivity contribution in [2.75, 3.05) is 19.0 Å². The summed E-state index contributed by atoms with van der Waals surface area (Å²) in [6.07, 6.45) is 4.10. The second-order valence-electron chi connectivity index (χ2n) is 6.76. The lowest BCUT2D eigenvalue weighted by Crippen LogP contribution is -2.49. The van der Waals surface area contributed by atoms with E-state index in [0.29, 0.717) is 17.9 Å². The first-order valence-corrected chi connectivity index (χ1v) is 9.17. The van der Waals surface area contributed by atoms with E-state index in [-0.39, 0.29) is 30.4 Å². The van der Waals surface area contributed by atoms with Gasteiger partial charge in [0.05, 0.1) is 18.8 Å². The number of hydrogen-bond acceptors (Lipinski definition) is 5. The molecule has 7 heteroatoms. The Labute approximate surface area is 163 Å². The minimum Gasteiger partial charge on any atom is -0.495 e. The molecule has 0 bridgehead atoms. The normalized spacial score (nSPS) is 20.8. The van der Waals surface area contributed by atoms with Crippen LogP contribution in [0.4, 0.5) is 5.69 Å². The molecule has 2 aliphatic heterocycles. The first kappa shape index (κ1) is 18.1. The summed E-state index contributed by atoms with van der Waals surface area (Å²) >= 11 is 0. The number of carbonyl (C=O) groups is 2. The minimum atomic E-state index is -0.325. The van der Waals surface area contributed by atoms with E-state index in [9.17, 15) is 9.59 Å². The molecule has 0 aliphatic carbocycles. The highest BCUT2D eigenvalue weighted by Crippen LogP contribution is 2.30. The molecule has 144 valence electrons. The number of amides is 2. The average molecular weight is 378 g/mol. The largest absolute Gasteiger partial charge is 0.495 e. The van der Waals surface area contributed by atoms with Gasteiger partial charge in [-0.15, -0.1) is 0 Å². The SMILES string of the molecule is COc1ccccc1NC(=O)CN1C=CN2NC(c3ccccc3)CC2C1=O. The molecule has 2 amide bonds. The third-order valence-corrected chi connectivity index (χ3v) is 4.97. The van der Waals surface area contributed by atoms with Gasteiger partial charge in [0, 0.05) is 12.4 Å². The van der Waals surface area contributed by atoms with Gasteiger partial charge in [0.1, 0.15) is 18.3 Å². The third kappa shape index (κ3) is 3.57. The number of nitrogens with zero attached hydrogens (tertiary/aromatic N) is 2. The molecule has 28 heavy (non-hydrogen) atoms. The van der Waals surface area contributed by atoms with Crippen LogP contribution in [0.15, 0.2) is 67.0 Å². The quantitative estimate of drug-likeness (QED) is 0.835. The van der Waals surface area contributed by atoms with E-state index in [0.717, 1.165) is 5.56 Å². The fourth-order valence-corrected chi connectivity index (χ4v) is 3.56. The second-order valence-corrected chi connectivity index (χ2v) is 6.76. The van der Waals surface area contributed by atoms with Gasteiger partial charge in [-0.05, 0) is 24.1 Å². The van der Waals surface area contributed by atoms with Crippen LogP contribution in [0.2, 0.25) is 0 Å². The zero-order valence-corrected chi connectivity index (χ0v) is 15.5. The zero-order chi connectivity index (χ0) is 19.5. The van der Waals surface area contributed by atoms with Crippen molar-refractivity contribution in [3.63, 3.8) is 0 Å². The molecule has 2 aromatic rings. The van der Waals surface area contributed by atoms with Crippen LogP contribution in [0, 0.1) is 0 Å². The van der Waals surface area contributed by atoms with Crippen LogP contribution in [0.5, 0.6) is 5.75 Å². The number of nitrogens with one attached hydrogen (secondary N) is 2. The Bertz CT molecular complexity index is 900. The maximum atomic E-state index is 12.9. The summed E-state index contributed by atoms with van der Waals surface area (Å²) in [6.45, 7) is -0.0479. The number of rotatable bonds is 5. The molecule has 0 spiro atoms. The molecule has 2 heterocycles. The summed E-state index contributed by atoms with van der Waals surface area (Å²) < 4.78 is 5.24. The number of hydrogen-bond donors (Lipinski definition) is 2. The van der Waals surface area contributed by atoms with Gasteiger partial charge < -0.3 is 20.0 Å². The number of hydrazine groups is 1. The summed E-state index contributed by atoms with van der Waals surface area (Å²) in [6, 6.07) is 17.0. The number of methoxy groups -OCH3 is 1. The smallest absolute Gasteiger partial charge is 0.251 e. The van der Waals surface area contributed by atoms with Crippen LogP contribution in [-0.2, 0) is 9.59 Å². The number of anilines is 1. The lowest BCUT2D eigenvalue weighted by Gasteiger charge is -2.31. The van der Waals surface area contributed by atoms with Crippen molar-refractivity contribution in [1.29, 1.82) is 0 Å². The van der Waals surface area contributed by atoms with Crippen molar-refractivity contribution in [2.24, 2.45) is 0 Å². The Morgan fingerprint density at radius 2 is 1.89 bits per heavy atom. The van der Waals surface area contributed by atoms with E-state index in [1.807, 2.05) is 53.7 Å². The van der Waals surface area contributed by atoms with Crippen molar-refractivity contribution in [1.82, 2.24) is 15.3 Å². The second kappa shape index (κ2) is 7.74. The van der Waals surface area contributed by atoms with Gasteiger partial charge in [0.2, 0.25) is 5.91 Å². The Morgan fingerprint density at radius 1 is 1.14 bits per heavy atom. The van der Waals surface area contributed by atoms with E-state index in [4.69, 9.17) is 4.74 Å². The minimum absolute atomic E-state index is 0.0479. The van der Waals surface area contributed by atoms with E-state index in [1.165, 1.54) is 4.90 Å². The van der Waals surface area contributed by atoms with Gasteiger partial charge in [-0.1, -0.05) is 42.5 Å². The Hall–Kier alpha value is -3.32. The predicted molar refractivity (Wildman–Crippen MR) is 105 cm³/mol. The lowest BCUT2D eigenvalue weighted by molar-refractivity contribution is -0.137. The van der Waals surface area contributed by atoms with Crippen molar-refractivity contribution >= 4 is 17.5 Å². The van der Waals surface area contributed by atoms with Crippen LogP contribution in [-0.4, -0.2) is 41.4 Å². The van der Waals surface area contributed by atoms with Crippen molar-refractivity contribution < 1.29 is 14.3 Å². The van der Waals surface area contributed by atoms with Gasteiger partial charge >= 0.3 is 0 Å². The van der Waals surface area contributed by atoms with E-state index in [1.54, 1.807) is 25.4 Å². The molecule has 2 aromatic carbocycles. The standard InChI is InChI=1S/C21H22N4O3/c1-28-19-10-6-5-9-16(19)22-20(26)14-24-11-12-25-18(21(24)27)13-17(23-25)15-7-3-2-4-8-15/h2-12,17-18,23H,13-14H2,1H3,(H,22,26). The first-order valence-electron chi connectivity index (χ1n) is 9.17. The molecule has 0 radical (unpaired) electrons.